The number of amides is 2. The number of aryl methyl sites for hydroxylation is 3. The zero-order valence-electron chi connectivity index (χ0n) is 34.6. The van der Waals surface area contributed by atoms with E-state index in [2.05, 4.69) is 20.7 Å². The number of hydrogen-bond donors (Lipinski definition) is 5. The fourth-order valence-corrected chi connectivity index (χ4v) is 6.23. The maximum Gasteiger partial charge on any atom is 0.408 e. The highest BCUT2D eigenvalue weighted by Crippen LogP contribution is 2.42. The molecular formula is C40H58N6O10. The van der Waals surface area contributed by atoms with Crippen molar-refractivity contribution in [1.82, 2.24) is 20.2 Å². The van der Waals surface area contributed by atoms with Crippen LogP contribution in [0.5, 0.6) is 0 Å². The number of carbonyl (C=O) groups is 5. The van der Waals surface area contributed by atoms with Gasteiger partial charge in [0.1, 0.15) is 28.1 Å². The van der Waals surface area contributed by atoms with Gasteiger partial charge < -0.3 is 50.3 Å². The molecule has 56 heavy (non-hydrogen) atoms. The van der Waals surface area contributed by atoms with Crippen LogP contribution in [0, 0.1) is 13.8 Å². The summed E-state index contributed by atoms with van der Waals surface area (Å²) in [4.78, 5) is 62.8. The van der Waals surface area contributed by atoms with Gasteiger partial charge in [0.15, 0.2) is 0 Å². The number of nitrogens with one attached hydrogen (secondary N) is 3. The molecule has 0 aliphatic heterocycles. The number of carboxylic acid groups (broad SMARTS) is 1. The molecule has 1 heterocycles. The van der Waals surface area contributed by atoms with Crippen LogP contribution >= 0.6 is 0 Å². The Morgan fingerprint density at radius 1 is 0.786 bits per heavy atom. The largest absolute Gasteiger partial charge is 0.480 e. The van der Waals surface area contributed by atoms with E-state index in [1.54, 1.807) is 46.0 Å². The molecule has 3 aromatic rings. The van der Waals surface area contributed by atoms with E-state index >= 15 is 0 Å². The quantitative estimate of drug-likeness (QED) is 0.0983. The molecule has 2 aliphatic rings. The summed E-state index contributed by atoms with van der Waals surface area (Å²) in [5.74, 6) is -0.933. The second-order valence-corrected chi connectivity index (χ2v) is 16.1. The number of nitrogens with zero attached hydrogens (tertiary/aromatic N) is 2. The van der Waals surface area contributed by atoms with Gasteiger partial charge in [0.2, 0.25) is 0 Å². The predicted octanol–water partition coefficient (Wildman–Crippen LogP) is 6.50. The number of aliphatic carboxylic acids is 1. The van der Waals surface area contributed by atoms with Crippen LogP contribution in [0.25, 0.3) is 11.0 Å². The fourth-order valence-electron chi connectivity index (χ4n) is 6.23. The highest BCUT2D eigenvalue weighted by molar-refractivity contribution is 5.96. The lowest BCUT2D eigenvalue weighted by molar-refractivity contribution is -0.148. The van der Waals surface area contributed by atoms with E-state index < -0.39 is 40.4 Å². The number of nitrogen functional groups attached to an aromatic ring is 1. The summed E-state index contributed by atoms with van der Waals surface area (Å²) < 4.78 is 21.9. The van der Waals surface area contributed by atoms with E-state index in [9.17, 15) is 24.0 Å². The highest BCUT2D eigenvalue weighted by atomic mass is 16.6. The molecule has 16 nitrogen and oxygen atoms in total. The summed E-state index contributed by atoms with van der Waals surface area (Å²) >= 11 is 0. The molecule has 2 aromatic carbocycles. The van der Waals surface area contributed by atoms with Crippen LogP contribution in [0.4, 0.5) is 21.0 Å². The van der Waals surface area contributed by atoms with Crippen molar-refractivity contribution in [3.63, 3.8) is 0 Å². The van der Waals surface area contributed by atoms with Crippen molar-refractivity contribution in [3.05, 3.63) is 52.3 Å². The molecule has 2 saturated carbocycles. The highest BCUT2D eigenvalue weighted by Gasteiger charge is 2.47. The molecular weight excluding hydrogens is 724 g/mol. The molecule has 0 saturated heterocycles. The summed E-state index contributed by atoms with van der Waals surface area (Å²) in [5.41, 5.74) is 8.56. The van der Waals surface area contributed by atoms with Gasteiger partial charge in [-0.1, -0.05) is 0 Å². The number of esters is 2. The number of carbonyl (C=O) groups excluding carboxylic acids is 4. The van der Waals surface area contributed by atoms with Gasteiger partial charge in [0, 0.05) is 14.1 Å². The zero-order chi connectivity index (χ0) is 42.4. The summed E-state index contributed by atoms with van der Waals surface area (Å²) in [6.45, 7) is 14.4. The van der Waals surface area contributed by atoms with Crippen molar-refractivity contribution in [2.24, 2.45) is 7.05 Å². The summed E-state index contributed by atoms with van der Waals surface area (Å²) in [5, 5.41) is 17.3. The number of benzene rings is 2. The average Bonchev–Trinajstić information content (AvgIpc) is 3.36. The molecule has 6 N–H and O–H groups in total. The number of aromatic nitrogens is 2. The fraction of sp³-hybridized carbons (Fsp3) is 0.550. The van der Waals surface area contributed by atoms with Gasteiger partial charge in [0.25, 0.3) is 0 Å². The first-order valence-electron chi connectivity index (χ1n) is 18.4. The Hall–Kier alpha value is -5.54. The minimum Gasteiger partial charge on any atom is -0.480 e. The van der Waals surface area contributed by atoms with Crippen molar-refractivity contribution < 1.29 is 48.0 Å². The lowest BCUT2D eigenvalue weighted by Gasteiger charge is -2.41. The third kappa shape index (κ3) is 10.8. The molecule has 308 valence electrons. The van der Waals surface area contributed by atoms with Crippen molar-refractivity contribution in [3.8, 4) is 0 Å². The number of methoxy groups -OCH3 is 2. The number of imidazole rings is 1. The van der Waals surface area contributed by atoms with Crippen molar-refractivity contribution in [2.75, 3.05) is 32.3 Å². The molecule has 1 aromatic heterocycles. The Morgan fingerprint density at radius 2 is 1.27 bits per heavy atom. The van der Waals surface area contributed by atoms with E-state index in [4.69, 9.17) is 30.0 Å². The predicted molar refractivity (Wildman–Crippen MR) is 212 cm³/mol. The number of anilines is 2. The Kier molecular flexibility index (Phi) is 14.0. The zero-order valence-corrected chi connectivity index (χ0v) is 34.6. The number of alkyl carbamates (subject to hydrolysis) is 2. The maximum absolute atomic E-state index is 12.4. The van der Waals surface area contributed by atoms with Crippen LogP contribution in [0.15, 0.2) is 24.3 Å². The standard InChI is InChI=1S/C20H27N3O4.C10H14N2O2.C10H17NO4/c1-12-10-14-15(11-13(12)16(24)26-6)23(5)17(21-14)20(8-7-9-20)22-18(25)27-19(2,3)4;1-6-4-8(11)9(12-2)5-7(6)10(13)14-3;1-9(2,3)15-8(14)11-10(7(12)13)5-4-6-10/h10-11H,7-9H2,1-6H3,(H,22,25);4-5,12H,11H2,1-3H3;4-6H2,1-3H3,(H,11,14)(H,12,13). The van der Waals surface area contributed by atoms with Gasteiger partial charge >= 0.3 is 30.1 Å². The van der Waals surface area contributed by atoms with Gasteiger partial charge in [0.05, 0.1) is 47.8 Å². The number of carboxylic acids is 1. The average molecular weight is 783 g/mol. The summed E-state index contributed by atoms with van der Waals surface area (Å²) in [6, 6.07) is 7.12. The molecule has 0 spiro atoms. The Balaban J connectivity index is 0.000000246. The first-order chi connectivity index (χ1) is 25.9. The SMILES string of the molecule is CC(C)(C)OC(=O)NC1(C(=O)O)CCC1.CNc1cc(C(=O)OC)c(C)cc1N.COC(=O)c1cc2c(cc1C)nc(C1(NC(=O)OC(C)(C)C)CCC1)n2C. The van der Waals surface area contributed by atoms with Gasteiger partial charge in [-0.25, -0.2) is 29.0 Å². The minimum absolute atomic E-state index is 0.348. The molecule has 2 aliphatic carbocycles. The van der Waals surface area contributed by atoms with E-state index in [1.165, 1.54) is 14.2 Å². The van der Waals surface area contributed by atoms with Crippen LogP contribution in [0.2, 0.25) is 0 Å². The lowest BCUT2D eigenvalue weighted by Crippen LogP contribution is -2.59. The number of fused-ring (bicyclic) bond motifs is 1. The Bertz CT molecular complexity index is 1950. The Morgan fingerprint density at radius 3 is 1.68 bits per heavy atom. The third-order valence-corrected chi connectivity index (χ3v) is 9.44. The molecule has 5 rings (SSSR count). The molecule has 0 unspecified atom stereocenters. The van der Waals surface area contributed by atoms with Gasteiger partial charge in [-0.15, -0.1) is 0 Å². The summed E-state index contributed by atoms with van der Waals surface area (Å²) in [6.07, 6.45) is 3.26. The number of ether oxygens (including phenoxy) is 4. The van der Waals surface area contributed by atoms with E-state index in [0.717, 1.165) is 59.4 Å². The molecule has 2 fully saturated rings. The summed E-state index contributed by atoms with van der Waals surface area (Å²) in [7, 11) is 6.38. The van der Waals surface area contributed by atoms with E-state index in [0.29, 0.717) is 29.7 Å². The van der Waals surface area contributed by atoms with Crippen LogP contribution in [0.1, 0.15) is 118 Å². The maximum atomic E-state index is 12.4. The first kappa shape index (κ1) is 44.9. The number of hydrogen-bond acceptors (Lipinski definition) is 12. The van der Waals surface area contributed by atoms with Crippen LogP contribution in [-0.4, -0.2) is 82.8 Å². The normalized spacial score (nSPS) is 15.1. The smallest absolute Gasteiger partial charge is 0.408 e. The van der Waals surface area contributed by atoms with Crippen molar-refractivity contribution in [1.29, 1.82) is 0 Å². The molecule has 0 atom stereocenters. The monoisotopic (exact) mass is 782 g/mol. The second kappa shape index (κ2) is 17.5. The van der Waals surface area contributed by atoms with E-state index in [-0.39, 0.29) is 11.9 Å². The molecule has 2 amide bonds. The lowest BCUT2D eigenvalue weighted by atomic mass is 9.76. The van der Waals surface area contributed by atoms with Crippen molar-refractivity contribution in [2.45, 2.75) is 116 Å². The van der Waals surface area contributed by atoms with Crippen LogP contribution in [-0.2, 0) is 36.3 Å². The van der Waals surface area contributed by atoms with Crippen LogP contribution in [0.3, 0.4) is 0 Å². The molecule has 0 radical (unpaired) electrons. The number of nitrogens with two attached hydrogens (primary N) is 1. The molecule has 0 bridgehead atoms. The van der Waals surface area contributed by atoms with Crippen LogP contribution < -0.4 is 21.7 Å². The van der Waals surface area contributed by atoms with Gasteiger partial charge in [-0.2, -0.15) is 0 Å². The Labute approximate surface area is 328 Å². The van der Waals surface area contributed by atoms with E-state index in [1.807, 2.05) is 52.3 Å². The van der Waals surface area contributed by atoms with Gasteiger partial charge in [-0.05, 0) is 129 Å². The number of rotatable bonds is 7. The minimum atomic E-state index is -1.09. The topological polar surface area (TPSA) is 222 Å². The van der Waals surface area contributed by atoms with Gasteiger partial charge in [-0.3, -0.25) is 0 Å². The molecule has 16 heteroatoms. The third-order valence-electron chi connectivity index (χ3n) is 9.44. The first-order valence-corrected chi connectivity index (χ1v) is 18.4. The second-order valence-electron chi connectivity index (χ2n) is 16.1. The van der Waals surface area contributed by atoms with Crippen molar-refractivity contribution >= 4 is 52.5 Å².